The Morgan fingerprint density at radius 1 is 1.21 bits per heavy atom. The first-order valence-corrected chi connectivity index (χ1v) is 5.84. The topological polar surface area (TPSA) is 29.1 Å². The van der Waals surface area contributed by atoms with Crippen molar-refractivity contribution in [3.8, 4) is 0 Å². The zero-order valence-corrected chi connectivity index (χ0v) is 11.1. The molecular weight excluding hydrogens is 310 g/mol. The van der Waals surface area contributed by atoms with E-state index in [0.29, 0.717) is 5.56 Å². The van der Waals surface area contributed by atoms with Gasteiger partial charge in [-0.05, 0) is 32.0 Å². The lowest BCUT2D eigenvalue weighted by atomic mass is 10.2. The highest BCUT2D eigenvalue weighted by Crippen LogP contribution is 2.20. The van der Waals surface area contributed by atoms with E-state index in [1.807, 2.05) is 19.9 Å². The van der Waals surface area contributed by atoms with Crippen LogP contribution in [-0.4, -0.2) is 11.9 Å². The van der Waals surface area contributed by atoms with Crippen molar-refractivity contribution in [3.05, 3.63) is 32.7 Å². The van der Waals surface area contributed by atoms with Gasteiger partial charge in [-0.1, -0.05) is 31.9 Å². The highest BCUT2D eigenvalue weighted by Gasteiger charge is 2.07. The van der Waals surface area contributed by atoms with Gasteiger partial charge in [0.15, 0.2) is 0 Å². The summed E-state index contributed by atoms with van der Waals surface area (Å²) in [5.74, 6) is -0.0537. The van der Waals surface area contributed by atoms with Crippen LogP contribution in [0.5, 0.6) is 0 Å². The van der Waals surface area contributed by atoms with E-state index in [4.69, 9.17) is 0 Å². The molecule has 0 aliphatic rings. The van der Waals surface area contributed by atoms with Crippen LogP contribution in [0.15, 0.2) is 27.1 Å². The summed E-state index contributed by atoms with van der Waals surface area (Å²) in [5.41, 5.74) is 0.653. The van der Waals surface area contributed by atoms with Crippen molar-refractivity contribution in [1.29, 1.82) is 0 Å². The third kappa shape index (κ3) is 3.42. The first kappa shape index (κ1) is 11.7. The fourth-order valence-electron chi connectivity index (χ4n) is 1.03. The highest BCUT2D eigenvalue weighted by molar-refractivity contribution is 9.11. The molecule has 0 saturated heterocycles. The molecular formula is C10H11Br2NO. The Morgan fingerprint density at radius 3 is 2.14 bits per heavy atom. The van der Waals surface area contributed by atoms with Crippen molar-refractivity contribution in [2.75, 3.05) is 0 Å². The van der Waals surface area contributed by atoms with Gasteiger partial charge in [0.1, 0.15) is 0 Å². The second kappa shape index (κ2) is 4.94. The van der Waals surface area contributed by atoms with Gasteiger partial charge in [0.2, 0.25) is 0 Å². The molecule has 4 heteroatoms. The zero-order chi connectivity index (χ0) is 10.7. The van der Waals surface area contributed by atoms with Crippen LogP contribution in [0.1, 0.15) is 24.2 Å². The van der Waals surface area contributed by atoms with Crippen molar-refractivity contribution in [1.82, 2.24) is 5.32 Å². The largest absolute Gasteiger partial charge is 0.350 e. The monoisotopic (exact) mass is 319 g/mol. The molecule has 0 aromatic heterocycles. The third-order valence-electron chi connectivity index (χ3n) is 1.54. The van der Waals surface area contributed by atoms with Crippen molar-refractivity contribution in [3.63, 3.8) is 0 Å². The van der Waals surface area contributed by atoms with E-state index >= 15 is 0 Å². The molecule has 0 spiro atoms. The Labute approximate surface area is 100 Å². The molecule has 0 heterocycles. The molecule has 1 N–H and O–H groups in total. The fraction of sp³-hybridized carbons (Fsp3) is 0.300. The summed E-state index contributed by atoms with van der Waals surface area (Å²) >= 11 is 6.67. The van der Waals surface area contributed by atoms with Crippen LogP contribution in [0.4, 0.5) is 0 Å². The van der Waals surface area contributed by atoms with E-state index in [0.717, 1.165) is 8.95 Å². The molecule has 0 radical (unpaired) electrons. The van der Waals surface area contributed by atoms with E-state index in [1.54, 1.807) is 12.1 Å². The molecule has 1 aromatic rings. The predicted molar refractivity (Wildman–Crippen MR) is 64.4 cm³/mol. The van der Waals surface area contributed by atoms with Crippen LogP contribution in [0.3, 0.4) is 0 Å². The molecule has 1 aromatic carbocycles. The minimum absolute atomic E-state index is 0.0537. The Hall–Kier alpha value is -0.350. The maximum atomic E-state index is 11.6. The van der Waals surface area contributed by atoms with Gasteiger partial charge in [0, 0.05) is 20.6 Å². The van der Waals surface area contributed by atoms with Gasteiger partial charge in [-0.15, -0.1) is 0 Å². The molecule has 0 aliphatic heterocycles. The Balaban J connectivity index is 2.90. The Kier molecular flexibility index (Phi) is 4.13. The molecule has 1 amide bonds. The van der Waals surface area contributed by atoms with Crippen molar-refractivity contribution >= 4 is 37.8 Å². The summed E-state index contributed by atoms with van der Waals surface area (Å²) in [5, 5.41) is 2.83. The third-order valence-corrected chi connectivity index (χ3v) is 2.46. The zero-order valence-electron chi connectivity index (χ0n) is 7.97. The predicted octanol–water partition coefficient (Wildman–Crippen LogP) is 3.35. The smallest absolute Gasteiger partial charge is 0.251 e. The number of carbonyl (C=O) groups excluding carboxylic acids is 1. The number of halogens is 2. The van der Waals surface area contributed by atoms with Crippen LogP contribution >= 0.6 is 31.9 Å². The number of benzene rings is 1. The number of nitrogens with one attached hydrogen (secondary N) is 1. The molecule has 0 saturated carbocycles. The molecule has 76 valence electrons. The summed E-state index contributed by atoms with van der Waals surface area (Å²) in [4.78, 5) is 11.6. The first-order chi connectivity index (χ1) is 6.49. The minimum Gasteiger partial charge on any atom is -0.350 e. The first-order valence-electron chi connectivity index (χ1n) is 4.26. The van der Waals surface area contributed by atoms with Crippen LogP contribution < -0.4 is 5.32 Å². The van der Waals surface area contributed by atoms with Crippen molar-refractivity contribution < 1.29 is 4.79 Å². The van der Waals surface area contributed by atoms with E-state index < -0.39 is 0 Å². The van der Waals surface area contributed by atoms with E-state index in [9.17, 15) is 4.79 Å². The molecule has 14 heavy (non-hydrogen) atoms. The van der Waals surface area contributed by atoms with Crippen LogP contribution in [0, 0.1) is 0 Å². The van der Waals surface area contributed by atoms with Crippen LogP contribution in [0.2, 0.25) is 0 Å². The molecule has 1 rings (SSSR count). The standard InChI is InChI=1S/C10H11Br2NO/c1-6(2)13-10(14)7-3-8(11)5-9(12)4-7/h3-6H,1-2H3,(H,13,14). The molecule has 0 unspecified atom stereocenters. The van der Waals surface area contributed by atoms with Gasteiger partial charge in [-0.2, -0.15) is 0 Å². The van der Waals surface area contributed by atoms with Gasteiger partial charge < -0.3 is 5.32 Å². The lowest BCUT2D eigenvalue weighted by Crippen LogP contribution is -2.30. The Morgan fingerprint density at radius 2 is 1.71 bits per heavy atom. The lowest BCUT2D eigenvalue weighted by molar-refractivity contribution is 0.0943. The van der Waals surface area contributed by atoms with Crippen molar-refractivity contribution in [2.45, 2.75) is 19.9 Å². The number of hydrogen-bond acceptors (Lipinski definition) is 1. The van der Waals surface area contributed by atoms with Gasteiger partial charge in [-0.25, -0.2) is 0 Å². The van der Waals surface area contributed by atoms with E-state index in [2.05, 4.69) is 37.2 Å². The van der Waals surface area contributed by atoms with Crippen LogP contribution in [-0.2, 0) is 0 Å². The maximum absolute atomic E-state index is 11.6. The highest BCUT2D eigenvalue weighted by atomic mass is 79.9. The molecule has 0 atom stereocenters. The number of amides is 1. The maximum Gasteiger partial charge on any atom is 0.251 e. The van der Waals surface area contributed by atoms with Crippen LogP contribution in [0.25, 0.3) is 0 Å². The summed E-state index contributed by atoms with van der Waals surface area (Å²) in [6.45, 7) is 3.87. The second-order valence-electron chi connectivity index (χ2n) is 3.29. The van der Waals surface area contributed by atoms with Gasteiger partial charge >= 0.3 is 0 Å². The minimum atomic E-state index is -0.0537. The molecule has 0 aliphatic carbocycles. The van der Waals surface area contributed by atoms with Gasteiger partial charge in [-0.3, -0.25) is 4.79 Å². The normalized spacial score (nSPS) is 10.4. The summed E-state index contributed by atoms with van der Waals surface area (Å²) in [6.07, 6.45) is 0. The fourth-order valence-corrected chi connectivity index (χ4v) is 2.32. The summed E-state index contributed by atoms with van der Waals surface area (Å²) < 4.78 is 1.78. The number of carbonyl (C=O) groups is 1. The SMILES string of the molecule is CC(C)NC(=O)c1cc(Br)cc(Br)c1. The molecule has 0 fully saturated rings. The van der Waals surface area contributed by atoms with E-state index in [-0.39, 0.29) is 11.9 Å². The average Bonchev–Trinajstić information content (AvgIpc) is 2.00. The van der Waals surface area contributed by atoms with Crippen molar-refractivity contribution in [2.24, 2.45) is 0 Å². The lowest BCUT2D eigenvalue weighted by Gasteiger charge is -2.08. The summed E-state index contributed by atoms with van der Waals surface area (Å²) in [6, 6.07) is 5.64. The average molecular weight is 321 g/mol. The molecule has 0 bridgehead atoms. The second-order valence-corrected chi connectivity index (χ2v) is 5.12. The van der Waals surface area contributed by atoms with Gasteiger partial charge in [0.05, 0.1) is 0 Å². The number of hydrogen-bond donors (Lipinski definition) is 1. The Bertz CT molecular complexity index is 330. The summed E-state index contributed by atoms with van der Waals surface area (Å²) in [7, 11) is 0. The van der Waals surface area contributed by atoms with Gasteiger partial charge in [0.25, 0.3) is 5.91 Å². The quantitative estimate of drug-likeness (QED) is 0.889. The van der Waals surface area contributed by atoms with E-state index in [1.165, 1.54) is 0 Å². The number of rotatable bonds is 2. The molecule has 2 nitrogen and oxygen atoms in total.